The Hall–Kier alpha value is -3.07. The standard InChI is InChI=1S/C12H11N5O4/c13-15-11(18)9-3-1-8(2-4-9)6-16-7-10(17(20)21)5-14-12(16)19/h1-5,7H,6,13H2,(H,15,18). The van der Waals surface area contributed by atoms with E-state index in [1.165, 1.54) is 12.1 Å². The normalized spacial score (nSPS) is 10.1. The minimum atomic E-state index is -0.627. The highest BCUT2D eigenvalue weighted by atomic mass is 16.6. The van der Waals surface area contributed by atoms with E-state index in [0.717, 1.165) is 17.0 Å². The average Bonchev–Trinajstić information content (AvgIpc) is 2.49. The van der Waals surface area contributed by atoms with E-state index < -0.39 is 16.5 Å². The maximum atomic E-state index is 11.6. The number of rotatable bonds is 4. The molecule has 0 atom stereocenters. The van der Waals surface area contributed by atoms with E-state index in [0.29, 0.717) is 11.1 Å². The van der Waals surface area contributed by atoms with Gasteiger partial charge in [0.2, 0.25) is 0 Å². The van der Waals surface area contributed by atoms with Crippen LogP contribution in [-0.4, -0.2) is 20.4 Å². The van der Waals surface area contributed by atoms with Crippen LogP contribution in [0.5, 0.6) is 0 Å². The number of carbonyl (C=O) groups is 1. The van der Waals surface area contributed by atoms with E-state index in [1.807, 2.05) is 5.43 Å². The van der Waals surface area contributed by atoms with Crippen molar-refractivity contribution < 1.29 is 9.72 Å². The van der Waals surface area contributed by atoms with Gasteiger partial charge in [-0.1, -0.05) is 12.1 Å². The van der Waals surface area contributed by atoms with Gasteiger partial charge >= 0.3 is 11.4 Å². The summed E-state index contributed by atoms with van der Waals surface area (Å²) in [6.07, 6.45) is 2.03. The van der Waals surface area contributed by atoms with Crippen molar-refractivity contribution in [3.05, 3.63) is 68.4 Å². The summed E-state index contributed by atoms with van der Waals surface area (Å²) in [5.41, 5.74) is 2.19. The van der Waals surface area contributed by atoms with Gasteiger partial charge in [0.25, 0.3) is 5.91 Å². The Kier molecular flexibility index (Phi) is 4.05. The highest BCUT2D eigenvalue weighted by Crippen LogP contribution is 2.08. The molecule has 1 aromatic heterocycles. The quantitative estimate of drug-likeness (QED) is 0.346. The number of nitrogens with one attached hydrogen (secondary N) is 1. The summed E-state index contributed by atoms with van der Waals surface area (Å²) in [7, 11) is 0. The van der Waals surface area contributed by atoms with Crippen LogP contribution in [0.4, 0.5) is 5.69 Å². The molecule has 0 fully saturated rings. The monoisotopic (exact) mass is 289 g/mol. The fraction of sp³-hybridized carbons (Fsp3) is 0.0833. The second-order valence-electron chi connectivity index (χ2n) is 4.15. The molecule has 1 amide bonds. The lowest BCUT2D eigenvalue weighted by Gasteiger charge is -2.06. The molecule has 0 aliphatic heterocycles. The number of hydrazine groups is 1. The number of hydrogen-bond donors (Lipinski definition) is 2. The predicted molar refractivity (Wildman–Crippen MR) is 72.3 cm³/mol. The summed E-state index contributed by atoms with van der Waals surface area (Å²) in [5, 5.41) is 10.7. The molecule has 21 heavy (non-hydrogen) atoms. The molecule has 0 unspecified atom stereocenters. The van der Waals surface area contributed by atoms with Crippen molar-refractivity contribution in [1.29, 1.82) is 0 Å². The van der Waals surface area contributed by atoms with Crippen molar-refractivity contribution in [2.75, 3.05) is 0 Å². The summed E-state index contributed by atoms with van der Waals surface area (Å²) < 4.78 is 1.12. The van der Waals surface area contributed by atoms with Crippen LogP contribution in [0.15, 0.2) is 41.5 Å². The first-order chi connectivity index (χ1) is 10.0. The number of aromatic nitrogens is 2. The number of benzene rings is 1. The third-order valence-corrected chi connectivity index (χ3v) is 2.75. The molecular formula is C12H11N5O4. The van der Waals surface area contributed by atoms with Gasteiger partial charge in [0.1, 0.15) is 6.20 Å². The Morgan fingerprint density at radius 2 is 2.05 bits per heavy atom. The second-order valence-corrected chi connectivity index (χ2v) is 4.15. The van der Waals surface area contributed by atoms with Gasteiger partial charge in [-0.2, -0.15) is 4.98 Å². The lowest BCUT2D eigenvalue weighted by molar-refractivity contribution is -0.385. The Bertz CT molecular complexity index is 738. The Labute approximate surface area is 118 Å². The fourth-order valence-electron chi connectivity index (χ4n) is 1.69. The summed E-state index contributed by atoms with van der Waals surface area (Å²) in [6, 6.07) is 6.31. The minimum absolute atomic E-state index is 0.109. The molecule has 0 aliphatic carbocycles. The first-order valence-corrected chi connectivity index (χ1v) is 5.82. The molecule has 0 spiro atoms. The molecule has 9 heteroatoms. The summed E-state index contributed by atoms with van der Waals surface area (Å²) in [4.78, 5) is 36.3. The summed E-state index contributed by atoms with van der Waals surface area (Å²) in [5.74, 6) is 4.58. The first-order valence-electron chi connectivity index (χ1n) is 5.82. The van der Waals surface area contributed by atoms with E-state index in [9.17, 15) is 19.7 Å². The molecule has 2 rings (SSSR count). The van der Waals surface area contributed by atoms with E-state index in [-0.39, 0.29) is 12.2 Å². The van der Waals surface area contributed by atoms with Crippen LogP contribution >= 0.6 is 0 Å². The van der Waals surface area contributed by atoms with Gasteiger partial charge in [-0.25, -0.2) is 10.6 Å². The number of nitro groups is 1. The molecule has 0 aliphatic rings. The molecule has 0 radical (unpaired) electrons. The molecule has 2 aromatic rings. The summed E-state index contributed by atoms with van der Waals surface area (Å²) >= 11 is 0. The van der Waals surface area contributed by atoms with Crippen molar-refractivity contribution in [2.45, 2.75) is 6.54 Å². The summed E-state index contributed by atoms with van der Waals surface area (Å²) in [6.45, 7) is 0.109. The number of nitrogens with zero attached hydrogens (tertiary/aromatic N) is 3. The van der Waals surface area contributed by atoms with Gasteiger partial charge < -0.3 is 0 Å². The highest BCUT2D eigenvalue weighted by Gasteiger charge is 2.09. The zero-order chi connectivity index (χ0) is 15.4. The second kappa shape index (κ2) is 5.92. The molecule has 0 bridgehead atoms. The molecule has 0 saturated heterocycles. The number of carbonyl (C=O) groups excluding carboxylic acids is 1. The fourth-order valence-corrected chi connectivity index (χ4v) is 1.69. The highest BCUT2D eigenvalue weighted by molar-refractivity contribution is 5.93. The van der Waals surface area contributed by atoms with Gasteiger partial charge in [-0.05, 0) is 17.7 Å². The lowest BCUT2D eigenvalue weighted by atomic mass is 10.1. The van der Waals surface area contributed by atoms with Gasteiger partial charge in [0.15, 0.2) is 0 Å². The van der Waals surface area contributed by atoms with Crippen molar-refractivity contribution in [1.82, 2.24) is 15.0 Å². The SMILES string of the molecule is NNC(=O)c1ccc(Cn2cc([N+](=O)[O-])cnc2=O)cc1. The molecular weight excluding hydrogens is 278 g/mol. The van der Waals surface area contributed by atoms with Crippen LogP contribution in [0.25, 0.3) is 0 Å². The molecule has 108 valence electrons. The van der Waals surface area contributed by atoms with Crippen LogP contribution in [-0.2, 0) is 6.54 Å². The Morgan fingerprint density at radius 3 is 2.62 bits per heavy atom. The van der Waals surface area contributed by atoms with Crippen LogP contribution in [0.1, 0.15) is 15.9 Å². The van der Waals surface area contributed by atoms with E-state index in [4.69, 9.17) is 5.84 Å². The van der Waals surface area contributed by atoms with Gasteiger partial charge in [0.05, 0.1) is 17.7 Å². The Balaban J connectivity index is 2.26. The topological polar surface area (TPSA) is 133 Å². The first kappa shape index (κ1) is 14.3. The molecule has 1 heterocycles. The molecule has 3 N–H and O–H groups in total. The minimum Gasteiger partial charge on any atom is -0.290 e. The van der Waals surface area contributed by atoms with Gasteiger partial charge in [0, 0.05) is 5.56 Å². The van der Waals surface area contributed by atoms with Crippen LogP contribution in [0.2, 0.25) is 0 Å². The third kappa shape index (κ3) is 3.28. The van der Waals surface area contributed by atoms with E-state index in [1.54, 1.807) is 12.1 Å². The van der Waals surface area contributed by atoms with Crippen LogP contribution in [0.3, 0.4) is 0 Å². The van der Waals surface area contributed by atoms with Crippen molar-refractivity contribution in [2.24, 2.45) is 5.84 Å². The van der Waals surface area contributed by atoms with E-state index >= 15 is 0 Å². The lowest BCUT2D eigenvalue weighted by Crippen LogP contribution is -2.29. The zero-order valence-corrected chi connectivity index (χ0v) is 10.7. The average molecular weight is 289 g/mol. The number of hydrogen-bond acceptors (Lipinski definition) is 6. The Morgan fingerprint density at radius 1 is 1.38 bits per heavy atom. The van der Waals surface area contributed by atoms with Gasteiger partial charge in [-0.3, -0.25) is 24.9 Å². The molecule has 9 nitrogen and oxygen atoms in total. The largest absolute Gasteiger partial charge is 0.348 e. The van der Waals surface area contributed by atoms with Crippen molar-refractivity contribution in [3.8, 4) is 0 Å². The predicted octanol–water partition coefficient (Wildman–Crippen LogP) is -0.197. The number of nitrogens with two attached hydrogens (primary N) is 1. The van der Waals surface area contributed by atoms with Gasteiger partial charge in [-0.15, -0.1) is 0 Å². The van der Waals surface area contributed by atoms with Crippen molar-refractivity contribution in [3.63, 3.8) is 0 Å². The molecule has 1 aromatic carbocycles. The third-order valence-electron chi connectivity index (χ3n) is 2.75. The molecule has 0 saturated carbocycles. The maximum Gasteiger partial charge on any atom is 0.348 e. The maximum absolute atomic E-state index is 11.6. The smallest absolute Gasteiger partial charge is 0.290 e. The van der Waals surface area contributed by atoms with Crippen LogP contribution in [0, 0.1) is 10.1 Å². The van der Waals surface area contributed by atoms with Crippen LogP contribution < -0.4 is 17.0 Å². The van der Waals surface area contributed by atoms with Crippen molar-refractivity contribution >= 4 is 11.6 Å². The number of nitrogen functional groups attached to an aromatic ring is 1. The zero-order valence-electron chi connectivity index (χ0n) is 10.7. The number of amides is 1. The van der Waals surface area contributed by atoms with E-state index in [2.05, 4.69) is 4.98 Å².